The second kappa shape index (κ2) is 10.3. The number of hydrogen-bond donors (Lipinski definition) is 3. The normalized spacial score (nSPS) is 10.2. The molecule has 0 aliphatic carbocycles. The van der Waals surface area contributed by atoms with Gasteiger partial charge in [0.15, 0.2) is 5.11 Å². The lowest BCUT2D eigenvalue weighted by atomic mass is 10.2. The number of hydrogen-bond acceptors (Lipinski definition) is 4. The molecule has 0 unspecified atom stereocenters. The van der Waals surface area contributed by atoms with Gasteiger partial charge in [-0.1, -0.05) is 42.6 Å². The zero-order chi connectivity index (χ0) is 20.7. The van der Waals surface area contributed by atoms with Gasteiger partial charge in [0.1, 0.15) is 5.75 Å². The Morgan fingerprint density at radius 1 is 1.14 bits per heavy atom. The van der Waals surface area contributed by atoms with E-state index in [0.717, 1.165) is 12.8 Å². The molecule has 0 saturated heterocycles. The van der Waals surface area contributed by atoms with E-state index in [1.165, 1.54) is 12.1 Å². The molecule has 28 heavy (non-hydrogen) atoms. The van der Waals surface area contributed by atoms with Crippen LogP contribution < -0.4 is 15.4 Å². The van der Waals surface area contributed by atoms with Gasteiger partial charge in [0, 0.05) is 5.56 Å². The zero-order valence-electron chi connectivity index (χ0n) is 14.9. The number of amides is 1. The number of halogens is 2. The first-order chi connectivity index (χ1) is 13.3. The fourth-order valence-corrected chi connectivity index (χ4v) is 2.97. The standard InChI is InChI=1S/C19H18Cl2N2O4S/c1-2-3-7-27-13-6-4-5-11(8-13)17(24)23-19(28)22-16-14(20)9-12(18(25)26)10-15(16)21/h4-6,8-10H,2-3,7H2,1H3,(H,25,26)(H2,22,23,24,28). The van der Waals surface area contributed by atoms with Crippen molar-refractivity contribution in [2.45, 2.75) is 19.8 Å². The summed E-state index contributed by atoms with van der Waals surface area (Å²) < 4.78 is 5.59. The first-order valence-corrected chi connectivity index (χ1v) is 9.55. The number of thiocarbonyl (C=S) groups is 1. The molecule has 0 heterocycles. The average molecular weight is 441 g/mol. The van der Waals surface area contributed by atoms with Gasteiger partial charge in [0.05, 0.1) is 27.9 Å². The van der Waals surface area contributed by atoms with E-state index in [0.29, 0.717) is 17.9 Å². The van der Waals surface area contributed by atoms with Crippen LogP contribution in [-0.4, -0.2) is 28.7 Å². The van der Waals surface area contributed by atoms with Gasteiger partial charge in [-0.2, -0.15) is 0 Å². The van der Waals surface area contributed by atoms with Crippen LogP contribution in [0.4, 0.5) is 5.69 Å². The van der Waals surface area contributed by atoms with Crippen LogP contribution in [0.3, 0.4) is 0 Å². The molecule has 0 spiro atoms. The molecule has 0 fully saturated rings. The molecular weight excluding hydrogens is 423 g/mol. The maximum atomic E-state index is 12.4. The summed E-state index contributed by atoms with van der Waals surface area (Å²) in [6, 6.07) is 9.21. The van der Waals surface area contributed by atoms with Crippen molar-refractivity contribution in [2.24, 2.45) is 0 Å². The van der Waals surface area contributed by atoms with E-state index in [1.54, 1.807) is 24.3 Å². The summed E-state index contributed by atoms with van der Waals surface area (Å²) >= 11 is 17.2. The quantitative estimate of drug-likeness (QED) is 0.414. The Morgan fingerprint density at radius 3 is 2.43 bits per heavy atom. The first-order valence-electron chi connectivity index (χ1n) is 8.39. The Hall–Kier alpha value is -2.35. The molecular formula is C19H18Cl2N2O4S. The second-order valence-corrected chi connectivity index (χ2v) is 6.98. The number of carbonyl (C=O) groups excluding carboxylic acids is 1. The van der Waals surface area contributed by atoms with Crippen molar-refractivity contribution in [3.63, 3.8) is 0 Å². The number of carbonyl (C=O) groups is 2. The summed E-state index contributed by atoms with van der Waals surface area (Å²) in [5.74, 6) is -1.00. The Labute approximate surface area is 177 Å². The van der Waals surface area contributed by atoms with E-state index >= 15 is 0 Å². The monoisotopic (exact) mass is 440 g/mol. The van der Waals surface area contributed by atoms with Gasteiger partial charge in [0.25, 0.3) is 5.91 Å². The van der Waals surface area contributed by atoms with Crippen LogP contribution in [0.1, 0.15) is 40.5 Å². The number of rotatable bonds is 7. The molecule has 2 aromatic carbocycles. The Balaban J connectivity index is 2.04. The topological polar surface area (TPSA) is 87.7 Å². The molecule has 1 amide bonds. The highest BCUT2D eigenvalue weighted by molar-refractivity contribution is 7.80. The van der Waals surface area contributed by atoms with E-state index in [9.17, 15) is 9.59 Å². The summed E-state index contributed by atoms with van der Waals surface area (Å²) in [5.41, 5.74) is 0.516. The van der Waals surface area contributed by atoms with Crippen LogP contribution in [0.15, 0.2) is 36.4 Å². The summed E-state index contributed by atoms with van der Waals surface area (Å²) in [4.78, 5) is 23.4. The number of carboxylic acid groups (broad SMARTS) is 1. The highest BCUT2D eigenvalue weighted by Gasteiger charge is 2.15. The Morgan fingerprint density at radius 2 is 1.82 bits per heavy atom. The fourth-order valence-electron chi connectivity index (χ4n) is 2.20. The molecule has 9 heteroatoms. The molecule has 2 rings (SSSR count). The predicted octanol–water partition coefficient (Wildman–Crippen LogP) is 5.00. The van der Waals surface area contributed by atoms with Gasteiger partial charge in [-0.25, -0.2) is 4.79 Å². The van der Waals surface area contributed by atoms with Crippen molar-refractivity contribution in [3.05, 3.63) is 57.6 Å². The number of benzene rings is 2. The Kier molecular flexibility index (Phi) is 8.04. The van der Waals surface area contributed by atoms with Gasteiger partial charge in [-0.3, -0.25) is 10.1 Å². The number of aromatic carboxylic acids is 1. The first kappa shape index (κ1) is 21.9. The van der Waals surface area contributed by atoms with Crippen LogP contribution in [-0.2, 0) is 0 Å². The van der Waals surface area contributed by atoms with E-state index in [4.69, 9.17) is 45.3 Å². The van der Waals surface area contributed by atoms with E-state index in [1.807, 2.05) is 0 Å². The highest BCUT2D eigenvalue weighted by Crippen LogP contribution is 2.32. The summed E-state index contributed by atoms with van der Waals surface area (Å²) in [6.45, 7) is 2.64. The van der Waals surface area contributed by atoms with E-state index in [-0.39, 0.29) is 26.4 Å². The maximum absolute atomic E-state index is 12.4. The predicted molar refractivity (Wildman–Crippen MR) is 114 cm³/mol. The lowest BCUT2D eigenvalue weighted by Gasteiger charge is -2.13. The molecule has 0 saturated carbocycles. The van der Waals surface area contributed by atoms with E-state index in [2.05, 4.69) is 17.6 Å². The number of anilines is 1. The number of unbranched alkanes of at least 4 members (excludes halogenated alkanes) is 1. The van der Waals surface area contributed by atoms with Crippen molar-refractivity contribution < 1.29 is 19.4 Å². The number of ether oxygens (including phenoxy) is 1. The zero-order valence-corrected chi connectivity index (χ0v) is 17.2. The molecule has 2 aromatic rings. The van der Waals surface area contributed by atoms with Crippen LogP contribution in [0.5, 0.6) is 5.75 Å². The van der Waals surface area contributed by atoms with Crippen LogP contribution in [0.2, 0.25) is 10.0 Å². The summed E-state index contributed by atoms with van der Waals surface area (Å²) in [7, 11) is 0. The lowest BCUT2D eigenvalue weighted by molar-refractivity contribution is 0.0696. The largest absolute Gasteiger partial charge is 0.494 e. The van der Waals surface area contributed by atoms with Crippen LogP contribution >= 0.6 is 35.4 Å². The van der Waals surface area contributed by atoms with Crippen LogP contribution in [0.25, 0.3) is 0 Å². The molecule has 0 aliphatic rings. The minimum Gasteiger partial charge on any atom is -0.494 e. The summed E-state index contributed by atoms with van der Waals surface area (Å²) in [6.07, 6.45) is 1.94. The van der Waals surface area contributed by atoms with E-state index < -0.39 is 11.9 Å². The Bertz CT molecular complexity index is 882. The van der Waals surface area contributed by atoms with Gasteiger partial charge in [0.2, 0.25) is 0 Å². The third-order valence-electron chi connectivity index (χ3n) is 3.62. The molecule has 6 nitrogen and oxygen atoms in total. The highest BCUT2D eigenvalue weighted by atomic mass is 35.5. The molecule has 0 bridgehead atoms. The van der Waals surface area contributed by atoms with Crippen molar-refractivity contribution in [2.75, 3.05) is 11.9 Å². The molecule has 148 valence electrons. The van der Waals surface area contributed by atoms with Gasteiger partial charge in [-0.15, -0.1) is 0 Å². The SMILES string of the molecule is CCCCOc1cccc(C(=O)NC(=S)Nc2c(Cl)cc(C(=O)O)cc2Cl)c1. The number of carboxylic acids is 1. The maximum Gasteiger partial charge on any atom is 0.335 e. The molecule has 0 aliphatic heterocycles. The van der Waals surface area contributed by atoms with Crippen molar-refractivity contribution in [1.82, 2.24) is 5.32 Å². The lowest BCUT2D eigenvalue weighted by Crippen LogP contribution is -2.34. The molecule has 3 N–H and O–H groups in total. The summed E-state index contributed by atoms with van der Waals surface area (Å²) in [5, 5.41) is 14.3. The van der Waals surface area contributed by atoms with Crippen molar-refractivity contribution in [1.29, 1.82) is 0 Å². The van der Waals surface area contributed by atoms with Crippen molar-refractivity contribution >= 4 is 58.1 Å². The van der Waals surface area contributed by atoms with Gasteiger partial charge >= 0.3 is 5.97 Å². The minimum absolute atomic E-state index is 0.0332. The third-order valence-corrected chi connectivity index (χ3v) is 4.42. The molecule has 0 aromatic heterocycles. The number of nitrogens with one attached hydrogen (secondary N) is 2. The fraction of sp³-hybridized carbons (Fsp3) is 0.211. The second-order valence-electron chi connectivity index (χ2n) is 5.76. The molecule has 0 radical (unpaired) electrons. The van der Waals surface area contributed by atoms with Gasteiger partial charge in [-0.05, 0) is 49.0 Å². The minimum atomic E-state index is -1.16. The average Bonchev–Trinajstić information content (AvgIpc) is 2.65. The van der Waals surface area contributed by atoms with Crippen molar-refractivity contribution in [3.8, 4) is 5.75 Å². The van der Waals surface area contributed by atoms with Crippen LogP contribution in [0, 0.1) is 0 Å². The van der Waals surface area contributed by atoms with Gasteiger partial charge < -0.3 is 15.2 Å². The molecule has 0 atom stereocenters. The smallest absolute Gasteiger partial charge is 0.335 e. The third kappa shape index (κ3) is 6.09.